The third kappa shape index (κ3) is 3.75. The van der Waals surface area contributed by atoms with Crippen LogP contribution in [0.3, 0.4) is 0 Å². The van der Waals surface area contributed by atoms with Crippen LogP contribution in [0.5, 0.6) is 0 Å². The van der Waals surface area contributed by atoms with Crippen molar-refractivity contribution in [3.8, 4) is 0 Å². The van der Waals surface area contributed by atoms with Crippen LogP contribution in [0.4, 0.5) is 5.82 Å². The highest BCUT2D eigenvalue weighted by atomic mass is 32.1. The average molecular weight is 277 g/mol. The second kappa shape index (κ2) is 6.29. The summed E-state index contributed by atoms with van der Waals surface area (Å²) in [7, 11) is 1.32. The number of hydrogen-bond donors (Lipinski definition) is 1. The Morgan fingerprint density at radius 3 is 2.89 bits per heavy atom. The van der Waals surface area contributed by atoms with E-state index in [9.17, 15) is 4.79 Å². The Labute approximate surface area is 115 Å². The van der Waals surface area contributed by atoms with E-state index in [1.165, 1.54) is 25.1 Å². The summed E-state index contributed by atoms with van der Waals surface area (Å²) in [5.74, 6) is 0.167. The second-order valence-electron chi connectivity index (χ2n) is 4.16. The molecule has 100 valence electrons. The molecule has 0 bridgehead atoms. The Morgan fingerprint density at radius 1 is 1.47 bits per heavy atom. The average Bonchev–Trinajstić information content (AvgIpc) is 2.91. The number of rotatable bonds is 5. The van der Waals surface area contributed by atoms with Crippen molar-refractivity contribution in [1.82, 2.24) is 9.97 Å². The molecule has 0 aliphatic heterocycles. The quantitative estimate of drug-likeness (QED) is 0.850. The normalized spacial score (nSPS) is 11.9. The van der Waals surface area contributed by atoms with E-state index in [1.54, 1.807) is 11.3 Å². The van der Waals surface area contributed by atoms with Gasteiger partial charge >= 0.3 is 5.97 Å². The van der Waals surface area contributed by atoms with Crippen LogP contribution in [0, 0.1) is 0 Å². The largest absolute Gasteiger partial charge is 0.464 e. The molecule has 1 N–H and O–H groups in total. The summed E-state index contributed by atoms with van der Waals surface area (Å²) in [6.07, 6.45) is 3.87. The summed E-state index contributed by atoms with van der Waals surface area (Å²) < 4.78 is 4.57. The molecular weight excluding hydrogens is 262 g/mol. The zero-order valence-corrected chi connectivity index (χ0v) is 11.6. The van der Waals surface area contributed by atoms with Crippen LogP contribution in [0.25, 0.3) is 0 Å². The van der Waals surface area contributed by atoms with Gasteiger partial charge in [0.15, 0.2) is 5.69 Å². The summed E-state index contributed by atoms with van der Waals surface area (Å²) in [4.78, 5) is 19.4. The minimum absolute atomic E-state index is 0.207. The molecule has 0 aliphatic rings. The standard InChI is InChI=1S/C13H15N3O2S/c1-9(5-10-3-4-19-8-10)16-12-7-14-11(6-15-12)13(17)18-2/h3-4,6-9H,5H2,1-2H3,(H,15,16). The molecule has 0 spiro atoms. The molecule has 5 nitrogen and oxygen atoms in total. The number of esters is 1. The predicted molar refractivity (Wildman–Crippen MR) is 74.5 cm³/mol. The molecule has 1 unspecified atom stereocenters. The predicted octanol–water partition coefficient (Wildman–Crippen LogP) is 2.37. The van der Waals surface area contributed by atoms with Crippen LogP contribution in [-0.4, -0.2) is 29.1 Å². The third-order valence-corrected chi connectivity index (χ3v) is 3.29. The number of nitrogens with one attached hydrogen (secondary N) is 1. The fourth-order valence-corrected chi connectivity index (χ4v) is 2.36. The van der Waals surface area contributed by atoms with E-state index < -0.39 is 5.97 Å². The Morgan fingerprint density at radius 2 is 2.32 bits per heavy atom. The molecule has 0 aliphatic carbocycles. The maximum Gasteiger partial charge on any atom is 0.358 e. The maximum absolute atomic E-state index is 11.2. The number of nitrogens with zero attached hydrogens (tertiary/aromatic N) is 2. The van der Waals surface area contributed by atoms with Crippen molar-refractivity contribution < 1.29 is 9.53 Å². The molecule has 0 radical (unpaired) electrons. The van der Waals surface area contributed by atoms with Gasteiger partial charge in [0.1, 0.15) is 5.82 Å². The molecule has 6 heteroatoms. The Kier molecular flexibility index (Phi) is 4.46. The molecular formula is C13H15N3O2S. The molecule has 0 aromatic carbocycles. The lowest BCUT2D eigenvalue weighted by atomic mass is 10.1. The molecule has 0 fully saturated rings. The topological polar surface area (TPSA) is 64.1 Å². The molecule has 0 saturated heterocycles. The number of carbonyl (C=O) groups excluding carboxylic acids is 1. The molecule has 2 aromatic rings. The summed E-state index contributed by atoms with van der Waals surface area (Å²) >= 11 is 1.69. The first-order valence-corrected chi connectivity index (χ1v) is 6.81. The Bertz CT molecular complexity index is 525. The fraction of sp³-hybridized carbons (Fsp3) is 0.308. The highest BCUT2D eigenvalue weighted by Crippen LogP contribution is 2.11. The molecule has 0 saturated carbocycles. The fourth-order valence-electron chi connectivity index (χ4n) is 1.68. The number of thiophene rings is 1. The number of methoxy groups -OCH3 is 1. The summed E-state index contributed by atoms with van der Waals surface area (Å²) in [5.41, 5.74) is 1.50. The van der Waals surface area contributed by atoms with Crippen molar-refractivity contribution in [2.45, 2.75) is 19.4 Å². The zero-order chi connectivity index (χ0) is 13.7. The van der Waals surface area contributed by atoms with Crippen molar-refractivity contribution in [2.24, 2.45) is 0 Å². The Balaban J connectivity index is 1.93. The number of ether oxygens (including phenoxy) is 1. The molecule has 0 amide bonds. The van der Waals surface area contributed by atoms with Crippen molar-refractivity contribution in [2.75, 3.05) is 12.4 Å². The van der Waals surface area contributed by atoms with Gasteiger partial charge in [0.25, 0.3) is 0 Å². The summed E-state index contributed by atoms with van der Waals surface area (Å²) in [5, 5.41) is 7.43. The molecule has 2 heterocycles. The molecule has 19 heavy (non-hydrogen) atoms. The minimum Gasteiger partial charge on any atom is -0.464 e. The van der Waals surface area contributed by atoms with Crippen LogP contribution in [0.15, 0.2) is 29.2 Å². The maximum atomic E-state index is 11.2. The van der Waals surface area contributed by atoms with Crippen LogP contribution in [-0.2, 0) is 11.2 Å². The van der Waals surface area contributed by atoms with E-state index in [4.69, 9.17) is 0 Å². The van der Waals surface area contributed by atoms with Gasteiger partial charge in [0.2, 0.25) is 0 Å². The summed E-state index contributed by atoms with van der Waals surface area (Å²) in [6.45, 7) is 2.08. The van der Waals surface area contributed by atoms with Crippen molar-refractivity contribution in [1.29, 1.82) is 0 Å². The van der Waals surface area contributed by atoms with Gasteiger partial charge in [-0.05, 0) is 35.7 Å². The molecule has 1 atom stereocenters. The van der Waals surface area contributed by atoms with Gasteiger partial charge in [-0.15, -0.1) is 0 Å². The minimum atomic E-state index is -0.481. The van der Waals surface area contributed by atoms with Gasteiger partial charge in [-0.1, -0.05) is 0 Å². The van der Waals surface area contributed by atoms with Gasteiger partial charge < -0.3 is 10.1 Å². The number of aromatic nitrogens is 2. The van der Waals surface area contributed by atoms with Gasteiger partial charge in [-0.2, -0.15) is 11.3 Å². The first-order valence-electron chi connectivity index (χ1n) is 5.87. The van der Waals surface area contributed by atoms with Gasteiger partial charge in [-0.3, -0.25) is 0 Å². The van der Waals surface area contributed by atoms with Crippen molar-refractivity contribution in [3.63, 3.8) is 0 Å². The van der Waals surface area contributed by atoms with Crippen LogP contribution < -0.4 is 5.32 Å². The van der Waals surface area contributed by atoms with E-state index >= 15 is 0 Å². The lowest BCUT2D eigenvalue weighted by Gasteiger charge is -2.13. The van der Waals surface area contributed by atoms with Crippen molar-refractivity contribution >= 4 is 23.1 Å². The number of carbonyl (C=O) groups is 1. The Hall–Kier alpha value is -1.95. The van der Waals surface area contributed by atoms with Crippen LogP contribution in [0.2, 0.25) is 0 Å². The lowest BCUT2D eigenvalue weighted by molar-refractivity contribution is 0.0593. The van der Waals surface area contributed by atoms with Gasteiger partial charge in [0, 0.05) is 6.04 Å². The SMILES string of the molecule is COC(=O)c1cnc(NC(C)Cc2ccsc2)cn1. The van der Waals surface area contributed by atoms with E-state index in [0.29, 0.717) is 5.82 Å². The third-order valence-electron chi connectivity index (χ3n) is 2.56. The number of anilines is 1. The first-order chi connectivity index (χ1) is 9.19. The summed E-state index contributed by atoms with van der Waals surface area (Å²) in [6, 6.07) is 2.35. The number of hydrogen-bond acceptors (Lipinski definition) is 6. The van der Waals surface area contributed by atoms with Crippen molar-refractivity contribution in [3.05, 3.63) is 40.5 Å². The van der Waals surface area contributed by atoms with Crippen LogP contribution >= 0.6 is 11.3 Å². The highest BCUT2D eigenvalue weighted by Gasteiger charge is 2.09. The van der Waals surface area contributed by atoms with E-state index in [1.807, 2.05) is 0 Å². The second-order valence-corrected chi connectivity index (χ2v) is 4.94. The van der Waals surface area contributed by atoms with Gasteiger partial charge in [0.05, 0.1) is 19.5 Å². The highest BCUT2D eigenvalue weighted by molar-refractivity contribution is 7.07. The molecule has 2 aromatic heterocycles. The zero-order valence-electron chi connectivity index (χ0n) is 10.8. The molecule has 2 rings (SSSR count). The van der Waals surface area contributed by atoms with E-state index in [0.717, 1.165) is 6.42 Å². The lowest BCUT2D eigenvalue weighted by Crippen LogP contribution is -2.19. The first kappa shape index (κ1) is 13.5. The van der Waals surface area contributed by atoms with E-state index in [2.05, 4.69) is 43.8 Å². The van der Waals surface area contributed by atoms with E-state index in [-0.39, 0.29) is 11.7 Å². The van der Waals surface area contributed by atoms with Crippen LogP contribution in [0.1, 0.15) is 23.0 Å². The monoisotopic (exact) mass is 277 g/mol. The van der Waals surface area contributed by atoms with Gasteiger partial charge in [-0.25, -0.2) is 14.8 Å². The smallest absolute Gasteiger partial charge is 0.358 e.